The first-order valence-electron chi connectivity index (χ1n) is 6.88. The number of carbonyl (C=O) groups excluding carboxylic acids is 1. The van der Waals surface area contributed by atoms with Crippen molar-refractivity contribution in [3.8, 4) is 0 Å². The Morgan fingerprint density at radius 3 is 2.55 bits per heavy atom. The first kappa shape index (κ1) is 16.8. The largest absolute Gasteiger partial charge is 0.480 e. The second-order valence-corrected chi connectivity index (χ2v) is 6.61. The number of carbonyl (C=O) groups is 3. The minimum absolute atomic E-state index is 0.0548. The van der Waals surface area contributed by atoms with Crippen molar-refractivity contribution >= 4 is 29.6 Å². The molecule has 0 spiro atoms. The Morgan fingerprint density at radius 1 is 1.41 bits per heavy atom. The van der Waals surface area contributed by atoms with Gasteiger partial charge in [0, 0.05) is 4.91 Å². The Kier molecular flexibility index (Phi) is 4.78. The summed E-state index contributed by atoms with van der Waals surface area (Å²) in [5.74, 6) is -3.27. The molecule has 22 heavy (non-hydrogen) atoms. The fraction of sp³-hybridized carbons (Fsp3) is 0.615. The van der Waals surface area contributed by atoms with Crippen molar-refractivity contribution < 1.29 is 29.7 Å². The smallest absolute Gasteiger partial charge is 0.353 e. The Balaban J connectivity index is 2.06. The van der Waals surface area contributed by atoms with Crippen LogP contribution < -0.4 is 5.73 Å². The summed E-state index contributed by atoms with van der Waals surface area (Å²) < 4.78 is 0. The van der Waals surface area contributed by atoms with Gasteiger partial charge in [0.25, 0.3) is 0 Å². The molecule has 122 valence electrons. The Labute approximate surface area is 131 Å². The summed E-state index contributed by atoms with van der Waals surface area (Å²) in [5.41, 5.74) is 5.36. The number of nitrogens with zero attached hydrogens (tertiary/aromatic N) is 1. The zero-order valence-corrected chi connectivity index (χ0v) is 12.7. The molecule has 0 bridgehead atoms. The highest BCUT2D eigenvalue weighted by atomic mass is 32.2. The van der Waals surface area contributed by atoms with Gasteiger partial charge in [-0.3, -0.25) is 14.5 Å². The Hall–Kier alpha value is -1.58. The molecule has 1 fully saturated rings. The fourth-order valence-corrected chi connectivity index (χ4v) is 4.29. The van der Waals surface area contributed by atoms with Crippen LogP contribution in [0.25, 0.3) is 0 Å². The van der Waals surface area contributed by atoms with Crippen LogP contribution in [0.4, 0.5) is 0 Å². The van der Waals surface area contributed by atoms with Crippen molar-refractivity contribution in [1.29, 1.82) is 0 Å². The highest BCUT2D eigenvalue weighted by molar-refractivity contribution is 8.04. The number of carboxylic acids is 2. The van der Waals surface area contributed by atoms with Crippen LogP contribution >= 0.6 is 11.8 Å². The molecule has 0 aromatic carbocycles. The van der Waals surface area contributed by atoms with Gasteiger partial charge in [0.2, 0.25) is 5.91 Å². The van der Waals surface area contributed by atoms with Gasteiger partial charge in [0.1, 0.15) is 17.1 Å². The number of allylic oxidation sites excluding steroid dienone is 1. The van der Waals surface area contributed by atoms with Crippen molar-refractivity contribution in [2.24, 2.45) is 11.7 Å². The second-order valence-electron chi connectivity index (χ2n) is 5.40. The first-order valence-corrected chi connectivity index (χ1v) is 7.76. The summed E-state index contributed by atoms with van der Waals surface area (Å²) in [4.78, 5) is 35.8. The number of thioether (sulfide) groups is 1. The molecule has 2 aliphatic rings. The molecule has 0 saturated carbocycles. The van der Waals surface area contributed by atoms with Crippen molar-refractivity contribution in [3.63, 3.8) is 0 Å². The molecule has 0 aliphatic carbocycles. The molecule has 2 heterocycles. The van der Waals surface area contributed by atoms with Gasteiger partial charge < -0.3 is 21.1 Å². The highest BCUT2D eigenvalue weighted by Crippen LogP contribution is 2.51. The minimum Gasteiger partial charge on any atom is -0.480 e. The summed E-state index contributed by atoms with van der Waals surface area (Å²) in [6.45, 7) is 1.50. The van der Waals surface area contributed by atoms with Crippen LogP contribution in [0.15, 0.2) is 10.6 Å². The van der Waals surface area contributed by atoms with Gasteiger partial charge in [-0.1, -0.05) is 0 Å². The number of hydrogen-bond acceptors (Lipinski definition) is 6. The van der Waals surface area contributed by atoms with Crippen LogP contribution in [-0.2, 0) is 14.4 Å². The number of aliphatic hydroxyl groups is 1. The molecule has 1 unspecified atom stereocenters. The van der Waals surface area contributed by atoms with Crippen LogP contribution in [0, 0.1) is 5.92 Å². The molecule has 2 rings (SSSR count). The van der Waals surface area contributed by atoms with E-state index in [1.54, 1.807) is 0 Å². The molecular formula is C13H18N2O6S. The molecule has 0 aromatic rings. The molecule has 9 heteroatoms. The molecule has 5 N–H and O–H groups in total. The topological polar surface area (TPSA) is 141 Å². The number of hydrogen-bond donors (Lipinski definition) is 4. The Morgan fingerprint density at radius 2 is 2.05 bits per heavy atom. The zero-order chi connectivity index (χ0) is 16.6. The van der Waals surface area contributed by atoms with Crippen molar-refractivity contribution in [1.82, 2.24) is 4.90 Å². The molecule has 8 nitrogen and oxygen atoms in total. The maximum absolute atomic E-state index is 12.0. The number of nitrogens with two attached hydrogens (primary N) is 1. The van der Waals surface area contributed by atoms with E-state index in [0.29, 0.717) is 17.7 Å². The van der Waals surface area contributed by atoms with E-state index in [1.165, 1.54) is 23.6 Å². The standard InChI is InChI=1S/C13H18N2O6S/c1-5(16)8-10(17)15-9(13(20)21)7(22-11(8)15)4-2-3-6(14)12(18)19/h5-6,8,11,16H,2-4,14H2,1H3,(H,18,19)(H,20,21)/t5?,6-,8+,11-/m1/s1. The van der Waals surface area contributed by atoms with Gasteiger partial charge in [0.05, 0.1) is 12.0 Å². The number of rotatable bonds is 7. The van der Waals surface area contributed by atoms with Crippen LogP contribution in [-0.4, -0.2) is 55.6 Å². The van der Waals surface area contributed by atoms with Crippen molar-refractivity contribution in [2.45, 2.75) is 43.7 Å². The number of carboxylic acid groups (broad SMARTS) is 2. The van der Waals surface area contributed by atoms with Gasteiger partial charge >= 0.3 is 11.9 Å². The maximum atomic E-state index is 12.0. The molecule has 0 radical (unpaired) electrons. The molecule has 2 aliphatic heterocycles. The number of aliphatic carboxylic acids is 2. The molecular weight excluding hydrogens is 312 g/mol. The third-order valence-electron chi connectivity index (χ3n) is 3.81. The van der Waals surface area contributed by atoms with E-state index in [2.05, 4.69) is 0 Å². The van der Waals surface area contributed by atoms with Gasteiger partial charge in [-0.05, 0) is 26.2 Å². The molecule has 1 amide bonds. The van der Waals surface area contributed by atoms with Crippen molar-refractivity contribution in [2.75, 3.05) is 0 Å². The average molecular weight is 330 g/mol. The predicted molar refractivity (Wildman–Crippen MR) is 77.5 cm³/mol. The number of β-lactam (4-membered cyclic amide) rings is 1. The highest BCUT2D eigenvalue weighted by Gasteiger charge is 2.57. The van der Waals surface area contributed by atoms with Crippen LogP contribution in [0.1, 0.15) is 26.2 Å². The number of fused-ring (bicyclic) bond motifs is 1. The van der Waals surface area contributed by atoms with E-state index in [1.807, 2.05) is 0 Å². The number of amides is 1. The van der Waals surface area contributed by atoms with E-state index in [-0.39, 0.29) is 23.4 Å². The average Bonchev–Trinajstić information content (AvgIpc) is 2.72. The lowest BCUT2D eigenvalue weighted by Gasteiger charge is -2.43. The van der Waals surface area contributed by atoms with Crippen LogP contribution in [0.3, 0.4) is 0 Å². The lowest BCUT2D eigenvalue weighted by Crippen LogP contribution is -2.60. The molecule has 1 saturated heterocycles. The lowest BCUT2D eigenvalue weighted by atomic mass is 9.92. The maximum Gasteiger partial charge on any atom is 0.353 e. The fourth-order valence-electron chi connectivity index (χ4n) is 2.64. The van der Waals surface area contributed by atoms with Gasteiger partial charge in [-0.15, -0.1) is 11.8 Å². The van der Waals surface area contributed by atoms with Gasteiger partial charge in [0.15, 0.2) is 0 Å². The van der Waals surface area contributed by atoms with Crippen molar-refractivity contribution in [3.05, 3.63) is 10.6 Å². The third-order valence-corrected chi connectivity index (χ3v) is 5.24. The van der Waals surface area contributed by atoms with E-state index in [4.69, 9.17) is 10.8 Å². The van der Waals surface area contributed by atoms with E-state index >= 15 is 0 Å². The molecule has 4 atom stereocenters. The zero-order valence-electron chi connectivity index (χ0n) is 11.9. The lowest BCUT2D eigenvalue weighted by molar-refractivity contribution is -0.156. The normalized spacial score (nSPS) is 26.5. The molecule has 0 aromatic heterocycles. The predicted octanol–water partition coefficient (Wildman–Crippen LogP) is -0.223. The summed E-state index contributed by atoms with van der Waals surface area (Å²) in [7, 11) is 0. The summed E-state index contributed by atoms with van der Waals surface area (Å²) >= 11 is 1.25. The third kappa shape index (κ3) is 2.83. The summed E-state index contributed by atoms with van der Waals surface area (Å²) in [5, 5.41) is 27.2. The van der Waals surface area contributed by atoms with Gasteiger partial charge in [-0.25, -0.2) is 4.79 Å². The van der Waals surface area contributed by atoms with Crippen LogP contribution in [0.2, 0.25) is 0 Å². The Bertz CT molecular complexity index is 547. The quantitative estimate of drug-likeness (QED) is 0.469. The van der Waals surface area contributed by atoms with E-state index < -0.39 is 30.0 Å². The first-order chi connectivity index (χ1) is 10.3. The second kappa shape index (κ2) is 6.27. The SMILES string of the molecule is CC(O)[C@H]1C(=O)N2C(C(=O)O)=C(CCC[C@@H](N)C(=O)O)S[C@H]12. The van der Waals surface area contributed by atoms with Gasteiger partial charge in [-0.2, -0.15) is 0 Å². The summed E-state index contributed by atoms with van der Waals surface area (Å²) in [6.07, 6.45) is 0.155. The van der Waals surface area contributed by atoms with E-state index in [9.17, 15) is 24.6 Å². The van der Waals surface area contributed by atoms with E-state index in [0.717, 1.165) is 0 Å². The minimum atomic E-state index is -1.19. The van der Waals surface area contributed by atoms with Crippen LogP contribution in [0.5, 0.6) is 0 Å². The number of aliphatic hydroxyl groups excluding tert-OH is 1. The summed E-state index contributed by atoms with van der Waals surface area (Å²) in [6, 6.07) is -0.982. The monoisotopic (exact) mass is 330 g/mol.